The van der Waals surface area contributed by atoms with Crippen LogP contribution in [-0.2, 0) is 12.8 Å². The van der Waals surface area contributed by atoms with E-state index in [1.807, 2.05) is 12.1 Å². The number of phenolic OH excluding ortho intramolecular Hbond substituents is 1. The third kappa shape index (κ3) is 8.14. The molecule has 21 heavy (non-hydrogen) atoms. The van der Waals surface area contributed by atoms with Gasteiger partial charge in [0.1, 0.15) is 5.75 Å². The number of aromatic hydroxyl groups is 1. The van der Waals surface area contributed by atoms with Crippen LogP contribution in [0.2, 0.25) is 0 Å². The Morgan fingerprint density at radius 1 is 0.762 bits per heavy atom. The first-order valence-electron chi connectivity index (χ1n) is 8.38. The summed E-state index contributed by atoms with van der Waals surface area (Å²) in [6.45, 7) is 13.8. The quantitative estimate of drug-likeness (QED) is 0.668. The molecule has 0 aliphatic carbocycles. The molecule has 1 aromatic rings. The van der Waals surface area contributed by atoms with E-state index in [1.54, 1.807) is 0 Å². The van der Waals surface area contributed by atoms with Crippen molar-refractivity contribution in [1.82, 2.24) is 0 Å². The van der Waals surface area contributed by atoms with Gasteiger partial charge in [-0.25, -0.2) is 0 Å². The van der Waals surface area contributed by atoms with Crippen LogP contribution < -0.4 is 0 Å². The van der Waals surface area contributed by atoms with Gasteiger partial charge in [0.2, 0.25) is 0 Å². The zero-order valence-electron chi connectivity index (χ0n) is 14.9. The Morgan fingerprint density at radius 2 is 1.24 bits per heavy atom. The minimum Gasteiger partial charge on any atom is -0.508 e. The summed E-state index contributed by atoms with van der Waals surface area (Å²) < 4.78 is 0. The van der Waals surface area contributed by atoms with Gasteiger partial charge >= 0.3 is 0 Å². The van der Waals surface area contributed by atoms with Gasteiger partial charge in [0, 0.05) is 0 Å². The average Bonchev–Trinajstić information content (AvgIpc) is 2.28. The van der Waals surface area contributed by atoms with Crippen LogP contribution in [0.1, 0.15) is 78.4 Å². The van der Waals surface area contributed by atoms with Crippen LogP contribution in [0.4, 0.5) is 0 Å². The van der Waals surface area contributed by atoms with Gasteiger partial charge in [-0.2, -0.15) is 0 Å². The van der Waals surface area contributed by atoms with E-state index in [1.165, 1.54) is 36.8 Å². The molecule has 0 aromatic heterocycles. The molecule has 0 bridgehead atoms. The largest absolute Gasteiger partial charge is 0.508 e. The minimum absolute atomic E-state index is 0.392. The van der Waals surface area contributed by atoms with E-state index in [2.05, 4.69) is 47.6 Å². The lowest BCUT2D eigenvalue weighted by molar-refractivity contribution is 0.362. The highest BCUT2D eigenvalue weighted by Crippen LogP contribution is 2.27. The summed E-state index contributed by atoms with van der Waals surface area (Å²) in [5, 5.41) is 9.75. The number of hydrogen-bond acceptors (Lipinski definition) is 1. The minimum atomic E-state index is 0.392. The smallest absolute Gasteiger partial charge is 0.115 e. The Morgan fingerprint density at radius 3 is 1.71 bits per heavy atom. The van der Waals surface area contributed by atoms with Crippen molar-refractivity contribution < 1.29 is 5.11 Å². The van der Waals surface area contributed by atoms with Crippen LogP contribution in [0, 0.1) is 10.8 Å². The second-order valence-electron chi connectivity index (χ2n) is 8.78. The van der Waals surface area contributed by atoms with Crippen LogP contribution >= 0.6 is 0 Å². The fourth-order valence-electron chi connectivity index (χ4n) is 2.71. The topological polar surface area (TPSA) is 20.2 Å². The number of aryl methyl sites for hydroxylation is 2. The molecule has 1 heteroatoms. The van der Waals surface area contributed by atoms with Crippen LogP contribution in [0.5, 0.6) is 5.75 Å². The number of benzene rings is 1. The van der Waals surface area contributed by atoms with E-state index in [-0.39, 0.29) is 0 Å². The van der Waals surface area contributed by atoms with E-state index < -0.39 is 0 Å². The fourth-order valence-corrected chi connectivity index (χ4v) is 2.71. The predicted molar refractivity (Wildman–Crippen MR) is 92.9 cm³/mol. The molecule has 0 aliphatic rings. The van der Waals surface area contributed by atoms with Crippen molar-refractivity contribution in [3.05, 3.63) is 29.3 Å². The number of rotatable bonds is 6. The Labute approximate surface area is 131 Å². The Hall–Kier alpha value is -0.980. The third-order valence-corrected chi connectivity index (χ3v) is 3.94. The van der Waals surface area contributed by atoms with Gasteiger partial charge in [0.15, 0.2) is 0 Å². The molecular formula is C20H34O. The van der Waals surface area contributed by atoms with E-state index in [0.717, 1.165) is 12.8 Å². The first kappa shape index (κ1) is 18.1. The van der Waals surface area contributed by atoms with Gasteiger partial charge in [-0.1, -0.05) is 47.6 Å². The second-order valence-corrected chi connectivity index (χ2v) is 8.78. The lowest BCUT2D eigenvalue weighted by Crippen LogP contribution is -2.07. The van der Waals surface area contributed by atoms with Gasteiger partial charge in [-0.15, -0.1) is 0 Å². The first-order valence-corrected chi connectivity index (χ1v) is 8.38. The molecule has 0 unspecified atom stereocenters. The van der Waals surface area contributed by atoms with Crippen LogP contribution in [0.25, 0.3) is 0 Å². The summed E-state index contributed by atoms with van der Waals surface area (Å²) in [6, 6.07) is 5.92. The molecule has 1 nitrogen and oxygen atoms in total. The maximum Gasteiger partial charge on any atom is 0.115 e. The van der Waals surface area contributed by atoms with Crippen molar-refractivity contribution in [3.63, 3.8) is 0 Å². The zero-order chi connectivity index (χ0) is 16.1. The molecule has 1 rings (SSSR count). The van der Waals surface area contributed by atoms with Gasteiger partial charge in [0.05, 0.1) is 0 Å². The van der Waals surface area contributed by atoms with Crippen LogP contribution in [0.15, 0.2) is 18.2 Å². The predicted octanol–water partition coefficient (Wildman–Crippen LogP) is 6.13. The molecule has 0 amide bonds. The SMILES string of the molecule is CC(C)(C)CCCc1ccc(O)cc1CCCC(C)(C)C. The van der Waals surface area contributed by atoms with Crippen molar-refractivity contribution in [2.45, 2.75) is 80.1 Å². The molecule has 0 heterocycles. The molecule has 0 spiro atoms. The van der Waals surface area contributed by atoms with Gasteiger partial charge in [0.25, 0.3) is 0 Å². The van der Waals surface area contributed by atoms with Gasteiger partial charge in [-0.3, -0.25) is 0 Å². The standard InChI is InChI=1S/C20H34O/c1-19(2,3)13-7-9-16-11-12-18(21)15-17(16)10-8-14-20(4,5)6/h11-12,15,21H,7-10,13-14H2,1-6H3. The Bertz CT molecular complexity index is 432. The summed E-state index contributed by atoms with van der Waals surface area (Å²) in [4.78, 5) is 0. The molecule has 0 fully saturated rings. The summed E-state index contributed by atoms with van der Waals surface area (Å²) in [5.74, 6) is 0.403. The van der Waals surface area contributed by atoms with Crippen LogP contribution in [-0.4, -0.2) is 5.11 Å². The Balaban J connectivity index is 2.62. The lowest BCUT2D eigenvalue weighted by Gasteiger charge is -2.20. The monoisotopic (exact) mass is 290 g/mol. The van der Waals surface area contributed by atoms with E-state index in [9.17, 15) is 5.11 Å². The highest BCUT2D eigenvalue weighted by Gasteiger charge is 2.13. The zero-order valence-corrected chi connectivity index (χ0v) is 14.9. The average molecular weight is 290 g/mol. The molecule has 0 radical (unpaired) electrons. The molecule has 120 valence electrons. The van der Waals surface area contributed by atoms with Crippen molar-refractivity contribution in [2.75, 3.05) is 0 Å². The maximum absolute atomic E-state index is 9.75. The molecule has 0 saturated heterocycles. The Kier molecular flexibility index (Phi) is 6.31. The van der Waals surface area contributed by atoms with Crippen molar-refractivity contribution >= 4 is 0 Å². The third-order valence-electron chi connectivity index (χ3n) is 3.94. The van der Waals surface area contributed by atoms with Crippen LogP contribution in [0.3, 0.4) is 0 Å². The normalized spacial score (nSPS) is 12.7. The summed E-state index contributed by atoms with van der Waals surface area (Å²) in [6.07, 6.45) is 7.10. The first-order chi connectivity index (χ1) is 9.57. The van der Waals surface area contributed by atoms with E-state index >= 15 is 0 Å². The van der Waals surface area contributed by atoms with Crippen molar-refractivity contribution in [1.29, 1.82) is 0 Å². The molecule has 1 N–H and O–H groups in total. The van der Waals surface area contributed by atoms with Gasteiger partial charge in [-0.05, 0) is 72.6 Å². The molecular weight excluding hydrogens is 256 g/mol. The number of hydrogen-bond donors (Lipinski definition) is 1. The molecule has 0 aliphatic heterocycles. The lowest BCUT2D eigenvalue weighted by atomic mass is 9.86. The van der Waals surface area contributed by atoms with Gasteiger partial charge < -0.3 is 5.11 Å². The number of phenols is 1. The van der Waals surface area contributed by atoms with Crippen molar-refractivity contribution in [3.8, 4) is 5.75 Å². The molecule has 0 atom stereocenters. The summed E-state index contributed by atoms with van der Waals surface area (Å²) >= 11 is 0. The second kappa shape index (κ2) is 7.33. The van der Waals surface area contributed by atoms with E-state index in [0.29, 0.717) is 16.6 Å². The van der Waals surface area contributed by atoms with E-state index in [4.69, 9.17) is 0 Å². The maximum atomic E-state index is 9.75. The summed E-state index contributed by atoms with van der Waals surface area (Å²) in [5.41, 5.74) is 3.56. The highest BCUT2D eigenvalue weighted by atomic mass is 16.3. The molecule has 0 saturated carbocycles. The fraction of sp³-hybridized carbons (Fsp3) is 0.700. The molecule has 1 aromatic carbocycles. The highest BCUT2D eigenvalue weighted by molar-refractivity contribution is 5.35. The summed E-state index contributed by atoms with van der Waals surface area (Å²) in [7, 11) is 0. The van der Waals surface area contributed by atoms with Crippen molar-refractivity contribution in [2.24, 2.45) is 10.8 Å².